The van der Waals surface area contributed by atoms with Crippen molar-refractivity contribution < 1.29 is 27.1 Å². The number of carbonyl (C=O) groups is 1. The van der Waals surface area contributed by atoms with Gasteiger partial charge in [0.2, 0.25) is 5.76 Å². The van der Waals surface area contributed by atoms with Crippen LogP contribution in [0.15, 0.2) is 79.7 Å². The monoisotopic (exact) mass is 478 g/mol. The largest absolute Gasteiger partial charge is 0.493 e. The smallest absolute Gasteiger partial charge is 0.379 e. The molecular formula is C19H15BrN2O6S. The molecule has 0 spiro atoms. The second-order valence-electron chi connectivity index (χ2n) is 5.58. The van der Waals surface area contributed by atoms with Crippen LogP contribution < -0.4 is 14.3 Å². The lowest BCUT2D eigenvalue weighted by molar-refractivity contribution is 0.0696. The molecule has 1 heterocycles. The topological polar surface area (TPSA) is 107 Å². The fourth-order valence-corrected chi connectivity index (χ4v) is 3.29. The molecule has 10 heteroatoms. The number of sulfonamides is 1. The Morgan fingerprint density at radius 1 is 1.14 bits per heavy atom. The summed E-state index contributed by atoms with van der Waals surface area (Å²) in [6, 6.07) is 13.8. The van der Waals surface area contributed by atoms with Crippen molar-refractivity contribution in [3.8, 4) is 11.5 Å². The lowest BCUT2D eigenvalue weighted by Gasteiger charge is -2.09. The van der Waals surface area contributed by atoms with Crippen LogP contribution in [0.2, 0.25) is 0 Å². The average molecular weight is 479 g/mol. The highest BCUT2D eigenvalue weighted by Gasteiger charge is 2.15. The second kappa shape index (κ2) is 8.93. The molecule has 0 bridgehead atoms. The predicted molar refractivity (Wildman–Crippen MR) is 109 cm³/mol. The van der Waals surface area contributed by atoms with Gasteiger partial charge in [0, 0.05) is 4.47 Å². The molecule has 0 saturated heterocycles. The van der Waals surface area contributed by atoms with Gasteiger partial charge in [-0.15, -0.1) is 0 Å². The second-order valence-corrected chi connectivity index (χ2v) is 8.16. The fourth-order valence-electron chi connectivity index (χ4n) is 2.23. The van der Waals surface area contributed by atoms with E-state index in [0.29, 0.717) is 5.56 Å². The summed E-state index contributed by atoms with van der Waals surface area (Å²) < 4.78 is 40.6. The van der Waals surface area contributed by atoms with Gasteiger partial charge in [-0.2, -0.15) is 13.5 Å². The van der Waals surface area contributed by atoms with E-state index in [4.69, 9.17) is 13.9 Å². The third-order valence-electron chi connectivity index (χ3n) is 3.62. The molecule has 8 nitrogen and oxygen atoms in total. The third kappa shape index (κ3) is 5.24. The molecule has 1 aromatic heterocycles. The van der Waals surface area contributed by atoms with E-state index in [-0.39, 0.29) is 22.2 Å². The minimum Gasteiger partial charge on any atom is -0.493 e. The highest BCUT2D eigenvalue weighted by Crippen LogP contribution is 2.28. The molecular weight excluding hydrogens is 464 g/mol. The van der Waals surface area contributed by atoms with E-state index in [9.17, 15) is 13.2 Å². The van der Waals surface area contributed by atoms with Crippen LogP contribution in [-0.2, 0) is 10.0 Å². The molecule has 0 radical (unpaired) electrons. The van der Waals surface area contributed by atoms with E-state index in [1.807, 2.05) is 0 Å². The van der Waals surface area contributed by atoms with Crippen molar-refractivity contribution in [2.45, 2.75) is 4.90 Å². The molecule has 0 aliphatic rings. The predicted octanol–water partition coefficient (Wildman–Crippen LogP) is 3.58. The van der Waals surface area contributed by atoms with E-state index in [2.05, 4.69) is 25.9 Å². The molecule has 0 aliphatic heterocycles. The van der Waals surface area contributed by atoms with Crippen LogP contribution in [0, 0.1) is 0 Å². The van der Waals surface area contributed by atoms with Crippen LogP contribution in [0.3, 0.4) is 0 Å². The summed E-state index contributed by atoms with van der Waals surface area (Å²) in [6.07, 6.45) is 2.67. The van der Waals surface area contributed by atoms with E-state index in [1.54, 1.807) is 30.3 Å². The van der Waals surface area contributed by atoms with Gasteiger partial charge >= 0.3 is 5.97 Å². The summed E-state index contributed by atoms with van der Waals surface area (Å²) in [5.74, 6) is -0.164. The maximum absolute atomic E-state index is 12.2. The Hall–Kier alpha value is -3.11. The minimum absolute atomic E-state index is 0.0556. The molecule has 29 heavy (non-hydrogen) atoms. The molecule has 0 unspecified atom stereocenters. The lowest BCUT2D eigenvalue weighted by atomic mass is 10.2. The summed E-state index contributed by atoms with van der Waals surface area (Å²) in [7, 11) is -2.38. The van der Waals surface area contributed by atoms with Crippen molar-refractivity contribution in [1.29, 1.82) is 0 Å². The molecule has 3 aromatic rings. The number of nitrogens with one attached hydrogen (secondary N) is 1. The Kier molecular flexibility index (Phi) is 6.35. The Morgan fingerprint density at radius 2 is 1.90 bits per heavy atom. The molecule has 150 valence electrons. The highest BCUT2D eigenvalue weighted by molar-refractivity contribution is 9.10. The number of carbonyl (C=O) groups excluding carboxylic acids is 1. The summed E-state index contributed by atoms with van der Waals surface area (Å²) in [6.45, 7) is 0. The number of methoxy groups -OCH3 is 1. The van der Waals surface area contributed by atoms with Gasteiger partial charge in [-0.05, 0) is 60.2 Å². The van der Waals surface area contributed by atoms with Gasteiger partial charge in [-0.3, -0.25) is 0 Å². The quantitative estimate of drug-likeness (QED) is 0.240. The van der Waals surface area contributed by atoms with Crippen molar-refractivity contribution in [2.24, 2.45) is 5.10 Å². The van der Waals surface area contributed by atoms with Crippen molar-refractivity contribution in [2.75, 3.05) is 7.11 Å². The van der Waals surface area contributed by atoms with Gasteiger partial charge in [0.25, 0.3) is 10.0 Å². The van der Waals surface area contributed by atoms with Crippen molar-refractivity contribution in [3.05, 3.63) is 76.7 Å². The Bertz CT molecular complexity index is 1130. The zero-order valence-electron chi connectivity index (χ0n) is 15.0. The minimum atomic E-state index is -3.79. The van der Waals surface area contributed by atoms with Crippen LogP contribution in [0.4, 0.5) is 0 Å². The zero-order valence-corrected chi connectivity index (χ0v) is 17.4. The van der Waals surface area contributed by atoms with E-state index in [1.165, 1.54) is 43.9 Å². The average Bonchev–Trinajstić information content (AvgIpc) is 3.24. The van der Waals surface area contributed by atoms with Gasteiger partial charge in [-0.1, -0.05) is 15.9 Å². The van der Waals surface area contributed by atoms with E-state index < -0.39 is 16.0 Å². The van der Waals surface area contributed by atoms with E-state index >= 15 is 0 Å². The molecule has 0 fully saturated rings. The van der Waals surface area contributed by atoms with Gasteiger partial charge in [0.1, 0.15) is 0 Å². The molecule has 0 atom stereocenters. The number of esters is 1. The number of halogens is 1. The van der Waals surface area contributed by atoms with Gasteiger partial charge < -0.3 is 13.9 Å². The number of hydrazone groups is 1. The Morgan fingerprint density at radius 3 is 2.55 bits per heavy atom. The molecule has 0 aliphatic carbocycles. The third-order valence-corrected chi connectivity index (χ3v) is 5.39. The number of hydrogen-bond donors (Lipinski definition) is 1. The number of hydrogen-bond acceptors (Lipinski definition) is 7. The number of furan rings is 1. The van der Waals surface area contributed by atoms with Crippen molar-refractivity contribution in [1.82, 2.24) is 4.83 Å². The van der Waals surface area contributed by atoms with Gasteiger partial charge in [0.15, 0.2) is 11.5 Å². The molecule has 3 rings (SSSR count). The summed E-state index contributed by atoms with van der Waals surface area (Å²) in [5, 5.41) is 3.77. The van der Waals surface area contributed by atoms with Crippen LogP contribution in [0.25, 0.3) is 0 Å². The summed E-state index contributed by atoms with van der Waals surface area (Å²) in [4.78, 5) is 14.2. The first-order chi connectivity index (χ1) is 13.9. The first-order valence-electron chi connectivity index (χ1n) is 8.13. The number of benzene rings is 2. The van der Waals surface area contributed by atoms with Gasteiger partial charge in [0.05, 0.1) is 24.5 Å². The number of nitrogens with zero attached hydrogens (tertiary/aromatic N) is 1. The van der Waals surface area contributed by atoms with Crippen molar-refractivity contribution in [3.63, 3.8) is 0 Å². The maximum Gasteiger partial charge on any atom is 0.379 e. The van der Waals surface area contributed by atoms with Crippen LogP contribution >= 0.6 is 15.9 Å². The summed E-state index contributed by atoms with van der Waals surface area (Å²) >= 11 is 3.25. The molecule has 2 aromatic carbocycles. The molecule has 0 saturated carbocycles. The lowest BCUT2D eigenvalue weighted by Crippen LogP contribution is -2.18. The molecule has 1 N–H and O–H groups in total. The van der Waals surface area contributed by atoms with Crippen LogP contribution in [-0.4, -0.2) is 27.7 Å². The molecule has 0 amide bonds. The maximum atomic E-state index is 12.2. The Labute approximate surface area is 175 Å². The zero-order chi connectivity index (χ0) is 20.9. The highest BCUT2D eigenvalue weighted by atomic mass is 79.9. The Balaban J connectivity index is 1.71. The SMILES string of the molecule is COc1cc(C=NNS(=O)(=O)c2ccc(Br)cc2)ccc1OC(=O)c1ccco1. The van der Waals surface area contributed by atoms with Crippen LogP contribution in [0.5, 0.6) is 11.5 Å². The first-order valence-corrected chi connectivity index (χ1v) is 10.4. The fraction of sp³-hybridized carbons (Fsp3) is 0.0526. The van der Waals surface area contributed by atoms with Crippen molar-refractivity contribution >= 4 is 38.1 Å². The first kappa shape index (κ1) is 20.6. The number of ether oxygens (including phenoxy) is 2. The normalized spacial score (nSPS) is 11.4. The van der Waals surface area contributed by atoms with Crippen LogP contribution in [0.1, 0.15) is 16.1 Å². The number of rotatable bonds is 7. The van der Waals surface area contributed by atoms with E-state index in [0.717, 1.165) is 4.47 Å². The summed E-state index contributed by atoms with van der Waals surface area (Å²) in [5.41, 5.74) is 0.526. The standard InChI is InChI=1S/C19H15BrN2O6S/c1-26-18-11-13(4-9-16(18)28-19(23)17-3-2-10-27-17)12-21-22-29(24,25)15-7-5-14(20)6-8-15/h2-12,22H,1H3. The van der Waals surface area contributed by atoms with Gasteiger partial charge in [-0.25, -0.2) is 9.63 Å².